The van der Waals surface area contributed by atoms with Crippen LogP contribution in [-0.2, 0) is 6.42 Å². The molecule has 0 aromatic carbocycles. The van der Waals surface area contributed by atoms with Crippen LogP contribution in [0.3, 0.4) is 0 Å². The van der Waals surface area contributed by atoms with Crippen molar-refractivity contribution in [3.8, 4) is 11.5 Å². The van der Waals surface area contributed by atoms with Crippen molar-refractivity contribution in [2.24, 2.45) is 0 Å². The molecule has 0 radical (unpaired) electrons. The number of rotatable bonds is 4. The molecular formula is C18H19N7OS. The highest BCUT2D eigenvalue weighted by atomic mass is 32.1. The molecule has 1 aliphatic heterocycles. The normalized spacial score (nSPS) is 12.8. The van der Waals surface area contributed by atoms with Crippen LogP contribution in [0.15, 0.2) is 30.6 Å². The molecule has 0 spiro atoms. The summed E-state index contributed by atoms with van der Waals surface area (Å²) in [6.07, 6.45) is 4.51. The number of nitrogens with one attached hydrogen (secondary N) is 1. The lowest BCUT2D eigenvalue weighted by Crippen LogP contribution is -2.22. The molecule has 3 aromatic heterocycles. The second kappa shape index (κ2) is 6.92. The van der Waals surface area contributed by atoms with Crippen LogP contribution >= 0.6 is 11.5 Å². The molecule has 1 N–H and O–H groups in total. The largest absolute Gasteiger partial charge is 0.373 e. The zero-order valence-corrected chi connectivity index (χ0v) is 16.1. The molecule has 0 atom stereocenters. The van der Waals surface area contributed by atoms with Gasteiger partial charge >= 0.3 is 0 Å². The van der Waals surface area contributed by atoms with Gasteiger partial charge < -0.3 is 15.1 Å². The summed E-state index contributed by atoms with van der Waals surface area (Å²) in [4.78, 5) is 29.3. The SMILES string of the molecule is CN(C)C(=O)c1cccnc1Nc1nc(-c2cc3c(cn2)N(C)CC3)ns1. The Balaban J connectivity index is 1.59. The molecular weight excluding hydrogens is 362 g/mol. The Hall–Kier alpha value is -3.07. The number of anilines is 3. The van der Waals surface area contributed by atoms with E-state index in [0.717, 1.165) is 24.3 Å². The van der Waals surface area contributed by atoms with E-state index in [4.69, 9.17) is 0 Å². The van der Waals surface area contributed by atoms with Gasteiger partial charge in [-0.1, -0.05) is 0 Å². The highest BCUT2D eigenvalue weighted by molar-refractivity contribution is 7.09. The van der Waals surface area contributed by atoms with Gasteiger partial charge in [0.2, 0.25) is 5.13 Å². The lowest BCUT2D eigenvalue weighted by molar-refractivity contribution is 0.0828. The summed E-state index contributed by atoms with van der Waals surface area (Å²) < 4.78 is 4.41. The number of likely N-dealkylation sites (N-methyl/N-ethyl adjacent to an activating group) is 1. The Labute approximate surface area is 161 Å². The molecule has 0 unspecified atom stereocenters. The summed E-state index contributed by atoms with van der Waals surface area (Å²) in [6, 6.07) is 5.52. The van der Waals surface area contributed by atoms with Crippen LogP contribution in [-0.4, -0.2) is 57.8 Å². The Morgan fingerprint density at radius 1 is 1.33 bits per heavy atom. The zero-order chi connectivity index (χ0) is 19.0. The van der Waals surface area contributed by atoms with Crippen molar-refractivity contribution >= 4 is 34.1 Å². The molecule has 0 bridgehead atoms. The fourth-order valence-electron chi connectivity index (χ4n) is 2.96. The van der Waals surface area contributed by atoms with E-state index >= 15 is 0 Å². The number of aromatic nitrogens is 4. The number of pyridine rings is 2. The van der Waals surface area contributed by atoms with Crippen LogP contribution in [0.25, 0.3) is 11.5 Å². The van der Waals surface area contributed by atoms with Crippen LogP contribution in [0.4, 0.5) is 16.6 Å². The van der Waals surface area contributed by atoms with Crippen LogP contribution < -0.4 is 10.2 Å². The van der Waals surface area contributed by atoms with E-state index in [1.807, 2.05) is 12.3 Å². The Morgan fingerprint density at radius 2 is 2.19 bits per heavy atom. The van der Waals surface area contributed by atoms with Crippen LogP contribution in [0.2, 0.25) is 0 Å². The van der Waals surface area contributed by atoms with E-state index in [2.05, 4.69) is 36.6 Å². The smallest absolute Gasteiger partial charge is 0.257 e. The number of carbonyl (C=O) groups is 1. The first-order valence-electron chi connectivity index (χ1n) is 8.51. The van der Waals surface area contributed by atoms with Gasteiger partial charge in [-0.3, -0.25) is 9.78 Å². The summed E-state index contributed by atoms with van der Waals surface area (Å²) in [5, 5.41) is 3.67. The average Bonchev–Trinajstić information content (AvgIpc) is 3.28. The summed E-state index contributed by atoms with van der Waals surface area (Å²) >= 11 is 1.21. The average molecular weight is 381 g/mol. The molecule has 9 heteroatoms. The van der Waals surface area contributed by atoms with Crippen LogP contribution in [0.5, 0.6) is 0 Å². The number of hydrogen-bond acceptors (Lipinski definition) is 8. The summed E-state index contributed by atoms with van der Waals surface area (Å²) in [6.45, 7) is 1.00. The van der Waals surface area contributed by atoms with Gasteiger partial charge in [-0.15, -0.1) is 0 Å². The molecule has 0 saturated carbocycles. The topological polar surface area (TPSA) is 87.1 Å². The highest BCUT2D eigenvalue weighted by Crippen LogP contribution is 2.30. The molecule has 4 rings (SSSR count). The van der Waals surface area contributed by atoms with Crippen molar-refractivity contribution in [1.82, 2.24) is 24.2 Å². The molecule has 0 fully saturated rings. The second-order valence-corrected chi connectivity index (χ2v) is 7.27. The molecule has 4 heterocycles. The highest BCUT2D eigenvalue weighted by Gasteiger charge is 2.19. The van der Waals surface area contributed by atoms with Crippen molar-refractivity contribution < 1.29 is 4.79 Å². The van der Waals surface area contributed by atoms with Gasteiger partial charge in [0, 0.05) is 45.4 Å². The maximum atomic E-state index is 12.3. The van der Waals surface area contributed by atoms with Crippen molar-refractivity contribution in [3.63, 3.8) is 0 Å². The van der Waals surface area contributed by atoms with Crippen LogP contribution in [0.1, 0.15) is 15.9 Å². The predicted molar refractivity (Wildman–Crippen MR) is 106 cm³/mol. The Kier molecular flexibility index (Phi) is 4.44. The third kappa shape index (κ3) is 3.33. The van der Waals surface area contributed by atoms with Crippen molar-refractivity contribution in [2.75, 3.05) is 37.9 Å². The molecule has 3 aromatic rings. The van der Waals surface area contributed by atoms with Gasteiger partial charge in [0.05, 0.1) is 17.4 Å². The third-order valence-electron chi connectivity index (χ3n) is 4.42. The standard InChI is InChI=1S/C18H19N7OS/c1-24(2)17(26)12-5-4-7-19-15(12)21-18-22-16(23-27-18)13-9-11-6-8-25(3)14(11)10-20-13/h4-5,7,9-10H,6,8H2,1-3H3,(H,19,21,22,23). The monoisotopic (exact) mass is 381 g/mol. The van der Waals surface area contributed by atoms with Gasteiger partial charge in [0.15, 0.2) is 5.82 Å². The zero-order valence-electron chi connectivity index (χ0n) is 15.3. The molecule has 1 aliphatic rings. The summed E-state index contributed by atoms with van der Waals surface area (Å²) in [7, 11) is 5.48. The van der Waals surface area contributed by atoms with Crippen LogP contribution in [0, 0.1) is 0 Å². The summed E-state index contributed by atoms with van der Waals surface area (Å²) in [5.74, 6) is 0.901. The molecule has 8 nitrogen and oxygen atoms in total. The van der Waals surface area contributed by atoms with E-state index in [0.29, 0.717) is 22.3 Å². The third-order valence-corrected chi connectivity index (χ3v) is 5.05. The quantitative estimate of drug-likeness (QED) is 0.743. The second-order valence-electron chi connectivity index (χ2n) is 6.52. The van der Waals surface area contributed by atoms with E-state index < -0.39 is 0 Å². The lowest BCUT2D eigenvalue weighted by atomic mass is 10.2. The van der Waals surface area contributed by atoms with Gasteiger partial charge in [0.1, 0.15) is 11.5 Å². The minimum atomic E-state index is -0.125. The molecule has 0 saturated heterocycles. The van der Waals surface area contributed by atoms with Crippen molar-refractivity contribution in [3.05, 3.63) is 41.7 Å². The first kappa shape index (κ1) is 17.3. The minimum Gasteiger partial charge on any atom is -0.373 e. The van der Waals surface area contributed by atoms with Gasteiger partial charge in [-0.05, 0) is 30.2 Å². The number of amides is 1. The number of carbonyl (C=O) groups excluding carboxylic acids is 1. The van der Waals surface area contributed by atoms with Crippen molar-refractivity contribution in [1.29, 1.82) is 0 Å². The molecule has 1 amide bonds. The predicted octanol–water partition coefficient (Wildman–Crippen LogP) is 2.43. The van der Waals surface area contributed by atoms with E-state index in [1.165, 1.54) is 22.0 Å². The minimum absolute atomic E-state index is 0.125. The Morgan fingerprint density at radius 3 is 3.00 bits per heavy atom. The van der Waals surface area contributed by atoms with E-state index in [1.54, 1.807) is 32.4 Å². The Bertz CT molecular complexity index is 1000. The summed E-state index contributed by atoms with van der Waals surface area (Å²) in [5.41, 5.74) is 3.65. The fourth-order valence-corrected chi connectivity index (χ4v) is 3.54. The van der Waals surface area contributed by atoms with E-state index in [-0.39, 0.29) is 5.91 Å². The van der Waals surface area contributed by atoms with Gasteiger partial charge in [0.25, 0.3) is 5.91 Å². The fraction of sp³-hybridized carbons (Fsp3) is 0.278. The lowest BCUT2D eigenvalue weighted by Gasteiger charge is -2.13. The maximum absolute atomic E-state index is 12.3. The molecule has 0 aliphatic carbocycles. The molecule has 138 valence electrons. The first-order chi connectivity index (χ1) is 13.0. The number of nitrogens with zero attached hydrogens (tertiary/aromatic N) is 6. The van der Waals surface area contributed by atoms with E-state index in [9.17, 15) is 4.79 Å². The first-order valence-corrected chi connectivity index (χ1v) is 9.28. The van der Waals surface area contributed by atoms with Crippen molar-refractivity contribution in [2.45, 2.75) is 6.42 Å². The van der Waals surface area contributed by atoms with Gasteiger partial charge in [-0.2, -0.15) is 9.36 Å². The number of hydrogen-bond donors (Lipinski definition) is 1. The maximum Gasteiger partial charge on any atom is 0.257 e. The molecule has 27 heavy (non-hydrogen) atoms. The number of fused-ring (bicyclic) bond motifs is 1. The van der Waals surface area contributed by atoms with Gasteiger partial charge in [-0.25, -0.2) is 4.98 Å².